The summed E-state index contributed by atoms with van der Waals surface area (Å²) in [7, 11) is -3.87. The maximum absolute atomic E-state index is 12.7. The van der Waals surface area contributed by atoms with Crippen LogP contribution >= 0.6 is 0 Å². The van der Waals surface area contributed by atoms with Gasteiger partial charge in [0.05, 0.1) is 4.92 Å². The van der Waals surface area contributed by atoms with Crippen molar-refractivity contribution in [2.45, 2.75) is 30.7 Å². The van der Waals surface area contributed by atoms with Crippen LogP contribution in [0.5, 0.6) is 0 Å². The lowest BCUT2D eigenvalue weighted by molar-refractivity contribution is -0.387. The number of rotatable bonds is 4. The highest BCUT2D eigenvalue weighted by Crippen LogP contribution is 2.29. The molecule has 1 heterocycles. The fourth-order valence-electron chi connectivity index (χ4n) is 2.63. The standard InChI is InChI=1S/C13H19N3O4S/c1-2-10-9-15(8-7-11(10)14)21(19,20)13-6-4-3-5-12(13)16(17)18/h3-6,10-11H,2,7-9,14H2,1H3. The van der Waals surface area contributed by atoms with E-state index in [4.69, 9.17) is 5.73 Å². The molecule has 0 aromatic heterocycles. The first-order valence-corrected chi connectivity index (χ1v) is 8.31. The van der Waals surface area contributed by atoms with E-state index < -0.39 is 14.9 Å². The van der Waals surface area contributed by atoms with E-state index in [1.54, 1.807) is 0 Å². The zero-order chi connectivity index (χ0) is 15.6. The number of nitrogens with zero attached hydrogens (tertiary/aromatic N) is 2. The molecule has 2 N–H and O–H groups in total. The molecule has 0 saturated carbocycles. The van der Waals surface area contributed by atoms with Gasteiger partial charge < -0.3 is 5.73 Å². The number of nitro groups is 1. The molecule has 1 fully saturated rings. The largest absolute Gasteiger partial charge is 0.327 e. The minimum absolute atomic E-state index is 0.0211. The highest BCUT2D eigenvalue weighted by Gasteiger charge is 2.36. The summed E-state index contributed by atoms with van der Waals surface area (Å²) in [4.78, 5) is 10.1. The van der Waals surface area contributed by atoms with Crippen LogP contribution in [0.4, 0.5) is 5.69 Å². The monoisotopic (exact) mass is 313 g/mol. The lowest BCUT2D eigenvalue weighted by Crippen LogP contribution is -2.48. The molecule has 7 nitrogen and oxygen atoms in total. The lowest BCUT2D eigenvalue weighted by Gasteiger charge is -2.35. The fraction of sp³-hybridized carbons (Fsp3) is 0.538. The van der Waals surface area contributed by atoms with E-state index in [0.29, 0.717) is 19.5 Å². The van der Waals surface area contributed by atoms with Gasteiger partial charge in [-0.3, -0.25) is 10.1 Å². The maximum Gasteiger partial charge on any atom is 0.289 e. The Bertz CT molecular complexity index is 632. The molecule has 8 heteroatoms. The summed E-state index contributed by atoms with van der Waals surface area (Å²) in [6.07, 6.45) is 1.35. The molecule has 0 spiro atoms. The molecule has 1 aliphatic heterocycles. The average molecular weight is 313 g/mol. The Kier molecular flexibility index (Phi) is 4.60. The number of para-hydroxylation sites is 1. The van der Waals surface area contributed by atoms with E-state index in [2.05, 4.69) is 0 Å². The van der Waals surface area contributed by atoms with Gasteiger partial charge in [0.15, 0.2) is 4.90 Å². The minimum Gasteiger partial charge on any atom is -0.327 e. The van der Waals surface area contributed by atoms with Gasteiger partial charge in [0.2, 0.25) is 10.0 Å². The van der Waals surface area contributed by atoms with Crippen molar-refractivity contribution in [1.29, 1.82) is 0 Å². The van der Waals surface area contributed by atoms with Crippen molar-refractivity contribution in [3.8, 4) is 0 Å². The van der Waals surface area contributed by atoms with Crippen LogP contribution in [0, 0.1) is 16.0 Å². The Hall–Kier alpha value is -1.51. The minimum atomic E-state index is -3.87. The van der Waals surface area contributed by atoms with Crippen molar-refractivity contribution in [3.05, 3.63) is 34.4 Å². The van der Waals surface area contributed by atoms with Gasteiger partial charge in [-0.2, -0.15) is 4.31 Å². The molecule has 0 bridgehead atoms. The van der Waals surface area contributed by atoms with Crippen LogP contribution < -0.4 is 5.73 Å². The Balaban J connectivity index is 2.37. The van der Waals surface area contributed by atoms with Crippen LogP contribution in [0.2, 0.25) is 0 Å². The molecule has 0 radical (unpaired) electrons. The normalized spacial score (nSPS) is 23.9. The Morgan fingerprint density at radius 2 is 2.10 bits per heavy atom. The van der Waals surface area contributed by atoms with Gasteiger partial charge in [-0.25, -0.2) is 8.42 Å². The topological polar surface area (TPSA) is 107 Å². The summed E-state index contributed by atoms with van der Waals surface area (Å²) in [5.41, 5.74) is 5.59. The van der Waals surface area contributed by atoms with Gasteiger partial charge in [0.1, 0.15) is 0 Å². The van der Waals surface area contributed by atoms with E-state index in [1.165, 1.54) is 28.6 Å². The van der Waals surface area contributed by atoms with E-state index in [-0.39, 0.29) is 22.5 Å². The van der Waals surface area contributed by atoms with Gasteiger partial charge in [-0.1, -0.05) is 25.5 Å². The van der Waals surface area contributed by atoms with Crippen molar-refractivity contribution in [2.75, 3.05) is 13.1 Å². The van der Waals surface area contributed by atoms with Crippen molar-refractivity contribution in [1.82, 2.24) is 4.31 Å². The lowest BCUT2D eigenvalue weighted by atomic mass is 9.92. The van der Waals surface area contributed by atoms with Gasteiger partial charge >= 0.3 is 0 Å². The second kappa shape index (κ2) is 6.08. The fourth-order valence-corrected chi connectivity index (χ4v) is 4.30. The predicted molar refractivity (Wildman–Crippen MR) is 78.2 cm³/mol. The SMILES string of the molecule is CCC1CN(S(=O)(=O)c2ccccc2[N+](=O)[O-])CCC1N. The number of hydrogen-bond donors (Lipinski definition) is 1. The van der Waals surface area contributed by atoms with Crippen molar-refractivity contribution in [2.24, 2.45) is 11.7 Å². The van der Waals surface area contributed by atoms with Crippen molar-refractivity contribution in [3.63, 3.8) is 0 Å². The molecule has 0 amide bonds. The van der Waals surface area contributed by atoms with Crippen LogP contribution in [0.3, 0.4) is 0 Å². The summed E-state index contributed by atoms with van der Waals surface area (Å²) >= 11 is 0. The summed E-state index contributed by atoms with van der Waals surface area (Å²) in [5.74, 6) is 0.0799. The zero-order valence-corrected chi connectivity index (χ0v) is 12.6. The molecule has 1 aliphatic rings. The predicted octanol–water partition coefficient (Wildman–Crippen LogP) is 1.34. The van der Waals surface area contributed by atoms with Crippen LogP contribution in [-0.2, 0) is 10.0 Å². The second-order valence-electron chi connectivity index (χ2n) is 5.21. The van der Waals surface area contributed by atoms with Crippen LogP contribution in [-0.4, -0.2) is 36.8 Å². The first kappa shape index (κ1) is 15.9. The number of hydrogen-bond acceptors (Lipinski definition) is 5. The summed E-state index contributed by atoms with van der Waals surface area (Å²) in [6, 6.07) is 5.42. The van der Waals surface area contributed by atoms with Crippen molar-refractivity contribution >= 4 is 15.7 Å². The maximum atomic E-state index is 12.7. The quantitative estimate of drug-likeness (QED) is 0.667. The van der Waals surface area contributed by atoms with E-state index in [1.807, 2.05) is 6.92 Å². The molecular weight excluding hydrogens is 294 g/mol. The summed E-state index contributed by atoms with van der Waals surface area (Å²) in [5, 5.41) is 11.0. The van der Waals surface area contributed by atoms with Crippen molar-refractivity contribution < 1.29 is 13.3 Å². The van der Waals surface area contributed by atoms with E-state index >= 15 is 0 Å². The van der Waals surface area contributed by atoms with Crippen LogP contribution in [0.25, 0.3) is 0 Å². The number of benzene rings is 1. The highest BCUT2D eigenvalue weighted by molar-refractivity contribution is 7.89. The molecule has 2 atom stereocenters. The third-order valence-electron chi connectivity index (χ3n) is 3.96. The first-order chi connectivity index (χ1) is 9.87. The Labute approximate surface area is 123 Å². The number of nitrogens with two attached hydrogens (primary N) is 1. The molecule has 2 unspecified atom stereocenters. The summed E-state index contributed by atoms with van der Waals surface area (Å²) in [6.45, 7) is 2.57. The van der Waals surface area contributed by atoms with E-state index in [0.717, 1.165) is 6.42 Å². The molecule has 1 aromatic rings. The first-order valence-electron chi connectivity index (χ1n) is 6.87. The molecule has 2 rings (SSSR count). The average Bonchev–Trinajstić information content (AvgIpc) is 2.47. The number of sulfonamides is 1. The molecule has 1 saturated heterocycles. The van der Waals surface area contributed by atoms with E-state index in [9.17, 15) is 18.5 Å². The zero-order valence-electron chi connectivity index (χ0n) is 11.8. The molecule has 0 aliphatic carbocycles. The molecular formula is C13H19N3O4S. The molecule has 21 heavy (non-hydrogen) atoms. The third kappa shape index (κ3) is 3.07. The third-order valence-corrected chi connectivity index (χ3v) is 5.87. The molecule has 116 valence electrons. The highest BCUT2D eigenvalue weighted by atomic mass is 32.2. The van der Waals surface area contributed by atoms with Gasteiger partial charge in [-0.15, -0.1) is 0 Å². The van der Waals surface area contributed by atoms with Gasteiger partial charge in [0, 0.05) is 25.2 Å². The molecule has 1 aromatic carbocycles. The van der Waals surface area contributed by atoms with Gasteiger partial charge in [0.25, 0.3) is 5.69 Å². The van der Waals surface area contributed by atoms with Gasteiger partial charge in [-0.05, 0) is 18.4 Å². The smallest absolute Gasteiger partial charge is 0.289 e. The number of piperidine rings is 1. The Morgan fingerprint density at radius 3 is 2.71 bits per heavy atom. The second-order valence-corrected chi connectivity index (χ2v) is 7.12. The van der Waals surface area contributed by atoms with Crippen LogP contribution in [0.1, 0.15) is 19.8 Å². The Morgan fingerprint density at radius 1 is 1.43 bits per heavy atom. The van der Waals surface area contributed by atoms with Crippen LogP contribution in [0.15, 0.2) is 29.2 Å². The summed E-state index contributed by atoms with van der Waals surface area (Å²) < 4.78 is 26.6. The number of nitro benzene ring substituents is 1.